The van der Waals surface area contributed by atoms with E-state index < -0.39 is 0 Å². The SMILES string of the molecule is COc1c2c(cc3c1[C@H](C#CCOc1cc(C)c(Cl)cc1C(C)C)N(C)CC3)OCO2. The summed E-state index contributed by atoms with van der Waals surface area (Å²) in [5, 5.41) is 0.758. The van der Waals surface area contributed by atoms with Gasteiger partial charge in [0.2, 0.25) is 12.5 Å². The van der Waals surface area contributed by atoms with Gasteiger partial charge in [0.05, 0.1) is 7.11 Å². The molecule has 5 nitrogen and oxygen atoms in total. The highest BCUT2D eigenvalue weighted by molar-refractivity contribution is 6.31. The fourth-order valence-corrected chi connectivity index (χ4v) is 4.29. The number of benzene rings is 2. The molecule has 31 heavy (non-hydrogen) atoms. The van der Waals surface area contributed by atoms with Crippen LogP contribution in [-0.2, 0) is 6.42 Å². The van der Waals surface area contributed by atoms with Crippen molar-refractivity contribution < 1.29 is 18.9 Å². The summed E-state index contributed by atoms with van der Waals surface area (Å²) in [5.41, 5.74) is 4.33. The summed E-state index contributed by atoms with van der Waals surface area (Å²) in [6, 6.07) is 5.94. The van der Waals surface area contributed by atoms with Crippen molar-refractivity contribution in [2.75, 3.05) is 34.1 Å². The molecule has 2 aliphatic heterocycles. The van der Waals surface area contributed by atoms with Crippen LogP contribution in [0.25, 0.3) is 0 Å². The number of fused-ring (bicyclic) bond motifs is 2. The van der Waals surface area contributed by atoms with E-state index in [1.165, 1.54) is 5.56 Å². The van der Waals surface area contributed by atoms with Gasteiger partial charge >= 0.3 is 0 Å². The second kappa shape index (κ2) is 8.90. The summed E-state index contributed by atoms with van der Waals surface area (Å²) in [6.45, 7) is 7.66. The predicted molar refractivity (Wildman–Crippen MR) is 122 cm³/mol. The highest BCUT2D eigenvalue weighted by Gasteiger charge is 2.33. The average molecular weight is 442 g/mol. The lowest BCUT2D eigenvalue weighted by Gasteiger charge is -2.32. The topological polar surface area (TPSA) is 40.2 Å². The van der Waals surface area contributed by atoms with Crippen LogP contribution in [0, 0.1) is 18.8 Å². The maximum atomic E-state index is 6.31. The van der Waals surface area contributed by atoms with Crippen molar-refractivity contribution in [2.45, 2.75) is 39.2 Å². The Bertz CT molecular complexity index is 1050. The molecule has 2 aliphatic rings. The van der Waals surface area contributed by atoms with Crippen LogP contribution in [-0.4, -0.2) is 39.0 Å². The number of methoxy groups -OCH3 is 1. The molecule has 0 aromatic heterocycles. The quantitative estimate of drug-likeness (QED) is 0.616. The molecule has 0 N–H and O–H groups in total. The summed E-state index contributed by atoms with van der Waals surface area (Å²) in [5.74, 6) is 9.88. The first-order valence-electron chi connectivity index (χ1n) is 10.5. The summed E-state index contributed by atoms with van der Waals surface area (Å²) < 4.78 is 23.0. The Morgan fingerprint density at radius 3 is 2.81 bits per heavy atom. The lowest BCUT2D eigenvalue weighted by Crippen LogP contribution is -2.31. The molecule has 0 radical (unpaired) electrons. The molecule has 2 aromatic rings. The van der Waals surface area contributed by atoms with Crippen molar-refractivity contribution in [3.63, 3.8) is 0 Å². The first kappa shape index (κ1) is 21.7. The standard InChI is InChI=1S/C25H28ClNO4/c1-15(2)18-13-19(26)16(3)11-21(18)29-10-6-7-20-23-17(8-9-27(20)4)12-22-24(25(23)28-5)31-14-30-22/h11-13,15,20H,8-10,14H2,1-5H3/t20-/m0/s1. The molecule has 0 aliphatic carbocycles. The second-order valence-electron chi connectivity index (χ2n) is 8.25. The van der Waals surface area contributed by atoms with E-state index in [4.69, 9.17) is 30.5 Å². The molecule has 0 fully saturated rings. The van der Waals surface area contributed by atoms with Crippen LogP contribution in [0.5, 0.6) is 23.0 Å². The zero-order valence-corrected chi connectivity index (χ0v) is 19.4. The van der Waals surface area contributed by atoms with Crippen molar-refractivity contribution in [3.8, 4) is 34.8 Å². The van der Waals surface area contributed by atoms with Gasteiger partial charge in [0.1, 0.15) is 18.4 Å². The number of likely N-dealkylation sites (N-methyl/N-ethyl adjacent to an activating group) is 1. The van der Waals surface area contributed by atoms with E-state index in [2.05, 4.69) is 43.7 Å². The lowest BCUT2D eigenvalue weighted by molar-refractivity contribution is 0.171. The fraction of sp³-hybridized carbons (Fsp3) is 0.440. The van der Waals surface area contributed by atoms with Crippen molar-refractivity contribution in [1.29, 1.82) is 0 Å². The number of aryl methyl sites for hydroxylation is 1. The third-order valence-electron chi connectivity index (χ3n) is 5.85. The molecule has 0 spiro atoms. The summed E-state index contributed by atoms with van der Waals surface area (Å²) >= 11 is 6.31. The Labute approximate surface area is 189 Å². The predicted octanol–water partition coefficient (Wildman–Crippen LogP) is 5.12. The first-order valence-corrected chi connectivity index (χ1v) is 10.9. The minimum Gasteiger partial charge on any atom is -0.492 e. The van der Waals surface area contributed by atoms with Crippen LogP contribution in [0.2, 0.25) is 5.02 Å². The number of hydrogen-bond acceptors (Lipinski definition) is 5. The highest BCUT2D eigenvalue weighted by atomic mass is 35.5. The zero-order valence-electron chi connectivity index (χ0n) is 18.7. The molecular formula is C25H28ClNO4. The van der Waals surface area contributed by atoms with Gasteiger partial charge in [-0.3, -0.25) is 4.90 Å². The molecule has 1 atom stereocenters. The smallest absolute Gasteiger partial charge is 0.231 e. The molecule has 164 valence electrons. The van der Waals surface area contributed by atoms with E-state index >= 15 is 0 Å². The van der Waals surface area contributed by atoms with Crippen molar-refractivity contribution in [1.82, 2.24) is 4.90 Å². The molecule has 0 amide bonds. The van der Waals surface area contributed by atoms with Crippen LogP contribution in [0.1, 0.15) is 48.1 Å². The Balaban J connectivity index is 1.60. The molecular weight excluding hydrogens is 414 g/mol. The average Bonchev–Trinajstić information content (AvgIpc) is 3.21. The largest absolute Gasteiger partial charge is 0.492 e. The minimum atomic E-state index is -0.103. The van der Waals surface area contributed by atoms with Gasteiger partial charge in [0, 0.05) is 17.1 Å². The summed E-state index contributed by atoms with van der Waals surface area (Å²) in [4.78, 5) is 2.23. The van der Waals surface area contributed by atoms with Gasteiger partial charge in [-0.25, -0.2) is 0 Å². The number of nitrogens with zero attached hydrogens (tertiary/aromatic N) is 1. The molecule has 6 heteroatoms. The Hall–Kier alpha value is -2.55. The molecule has 2 heterocycles. The minimum absolute atomic E-state index is 0.103. The van der Waals surface area contributed by atoms with Gasteiger partial charge in [-0.15, -0.1) is 0 Å². The zero-order chi connectivity index (χ0) is 22.1. The summed E-state index contributed by atoms with van der Waals surface area (Å²) in [6.07, 6.45) is 0.912. The maximum absolute atomic E-state index is 6.31. The number of rotatable bonds is 4. The van der Waals surface area contributed by atoms with E-state index in [0.717, 1.165) is 46.2 Å². The molecule has 4 rings (SSSR count). The third kappa shape index (κ3) is 4.15. The lowest BCUT2D eigenvalue weighted by atomic mass is 9.91. The van der Waals surface area contributed by atoms with Gasteiger partial charge in [-0.2, -0.15) is 0 Å². The Morgan fingerprint density at radius 2 is 2.06 bits per heavy atom. The fourth-order valence-electron chi connectivity index (χ4n) is 4.11. The summed E-state index contributed by atoms with van der Waals surface area (Å²) in [7, 11) is 3.74. The molecule has 2 aromatic carbocycles. The maximum Gasteiger partial charge on any atom is 0.231 e. The van der Waals surface area contributed by atoms with Gasteiger partial charge < -0.3 is 18.9 Å². The van der Waals surface area contributed by atoms with Crippen LogP contribution in [0.3, 0.4) is 0 Å². The van der Waals surface area contributed by atoms with E-state index in [1.54, 1.807) is 7.11 Å². The van der Waals surface area contributed by atoms with Gasteiger partial charge in [0.15, 0.2) is 11.5 Å². The normalized spacial score (nSPS) is 17.2. The number of hydrogen-bond donors (Lipinski definition) is 0. The monoisotopic (exact) mass is 441 g/mol. The molecule has 0 unspecified atom stereocenters. The number of ether oxygens (including phenoxy) is 4. The molecule has 0 saturated heterocycles. The van der Waals surface area contributed by atoms with Crippen LogP contribution >= 0.6 is 11.6 Å². The Kier molecular flexibility index (Phi) is 6.22. The van der Waals surface area contributed by atoms with E-state index in [9.17, 15) is 0 Å². The molecule has 0 bridgehead atoms. The van der Waals surface area contributed by atoms with E-state index in [0.29, 0.717) is 24.0 Å². The van der Waals surface area contributed by atoms with Crippen LogP contribution in [0.15, 0.2) is 18.2 Å². The van der Waals surface area contributed by atoms with Gasteiger partial charge in [0.25, 0.3) is 0 Å². The molecule has 0 saturated carbocycles. The van der Waals surface area contributed by atoms with Crippen LogP contribution < -0.4 is 18.9 Å². The van der Waals surface area contributed by atoms with E-state index in [1.807, 2.05) is 19.1 Å². The van der Waals surface area contributed by atoms with Crippen molar-refractivity contribution in [3.05, 3.63) is 45.5 Å². The first-order chi connectivity index (χ1) is 14.9. The number of halogens is 1. The van der Waals surface area contributed by atoms with Crippen molar-refractivity contribution >= 4 is 11.6 Å². The highest BCUT2D eigenvalue weighted by Crippen LogP contribution is 2.49. The second-order valence-corrected chi connectivity index (χ2v) is 8.66. The van der Waals surface area contributed by atoms with Gasteiger partial charge in [-0.1, -0.05) is 37.3 Å². The van der Waals surface area contributed by atoms with Gasteiger partial charge in [-0.05, 0) is 61.2 Å². The van der Waals surface area contributed by atoms with Crippen LogP contribution in [0.4, 0.5) is 0 Å². The van der Waals surface area contributed by atoms with Crippen molar-refractivity contribution in [2.24, 2.45) is 0 Å². The Morgan fingerprint density at radius 1 is 1.26 bits per heavy atom. The third-order valence-corrected chi connectivity index (χ3v) is 6.25. The van der Waals surface area contributed by atoms with E-state index in [-0.39, 0.29) is 12.8 Å².